The van der Waals surface area contributed by atoms with Crippen molar-refractivity contribution >= 4 is 21.8 Å². The molecule has 0 spiro atoms. The van der Waals surface area contributed by atoms with Crippen molar-refractivity contribution in [1.82, 2.24) is 10.0 Å². The van der Waals surface area contributed by atoms with E-state index in [1.165, 1.54) is 0 Å². The largest absolute Gasteiger partial charge is 0.441 e. The van der Waals surface area contributed by atoms with Crippen LogP contribution in [0.4, 0.5) is 13.2 Å². The first-order chi connectivity index (χ1) is 8.62. The standard InChI is InChI=1S/C10H21F3N2O2S2/c1-9(2)14-5-3-4-8-19(16,17)15-6-7-18-10(11,12)13/h9,14-15H,3-8H2,1-2H3. The summed E-state index contributed by atoms with van der Waals surface area (Å²) >= 11 is -0.228. The molecule has 19 heavy (non-hydrogen) atoms. The Morgan fingerprint density at radius 1 is 1.16 bits per heavy atom. The van der Waals surface area contributed by atoms with E-state index in [2.05, 4.69) is 10.0 Å². The second-order valence-corrected chi connectivity index (χ2v) is 7.41. The van der Waals surface area contributed by atoms with Crippen LogP contribution in [0, 0.1) is 0 Å². The second-order valence-electron chi connectivity index (χ2n) is 4.32. The van der Waals surface area contributed by atoms with Crippen molar-refractivity contribution in [3.05, 3.63) is 0 Å². The monoisotopic (exact) mass is 322 g/mol. The third-order valence-electron chi connectivity index (χ3n) is 2.08. The number of rotatable bonds is 10. The fourth-order valence-corrected chi connectivity index (χ4v) is 2.95. The van der Waals surface area contributed by atoms with Crippen LogP contribution in [0.25, 0.3) is 0 Å². The predicted molar refractivity (Wildman–Crippen MR) is 72.7 cm³/mol. The second kappa shape index (κ2) is 9.04. The Balaban J connectivity index is 3.64. The first-order valence-electron chi connectivity index (χ1n) is 6.04. The molecule has 0 rings (SSSR count). The van der Waals surface area contributed by atoms with E-state index in [4.69, 9.17) is 0 Å². The van der Waals surface area contributed by atoms with Crippen LogP contribution in [-0.4, -0.2) is 44.6 Å². The van der Waals surface area contributed by atoms with Crippen LogP contribution in [0.5, 0.6) is 0 Å². The van der Waals surface area contributed by atoms with E-state index in [1.807, 2.05) is 13.8 Å². The van der Waals surface area contributed by atoms with Crippen molar-refractivity contribution in [2.75, 3.05) is 24.6 Å². The first kappa shape index (κ1) is 19.0. The number of thioether (sulfide) groups is 1. The molecule has 116 valence electrons. The molecule has 4 nitrogen and oxygen atoms in total. The molecule has 0 radical (unpaired) electrons. The van der Waals surface area contributed by atoms with Gasteiger partial charge in [0.15, 0.2) is 0 Å². The van der Waals surface area contributed by atoms with Crippen LogP contribution >= 0.6 is 11.8 Å². The molecule has 0 aromatic heterocycles. The maximum Gasteiger partial charge on any atom is 0.441 e. The van der Waals surface area contributed by atoms with Crippen LogP contribution < -0.4 is 10.0 Å². The lowest BCUT2D eigenvalue weighted by atomic mass is 10.3. The Bertz CT molecular complexity index is 332. The minimum absolute atomic E-state index is 0.0521. The minimum atomic E-state index is -4.31. The number of hydrogen-bond donors (Lipinski definition) is 2. The normalized spacial score (nSPS) is 13.2. The van der Waals surface area contributed by atoms with Crippen LogP contribution in [0.15, 0.2) is 0 Å². The van der Waals surface area contributed by atoms with Gasteiger partial charge in [0.2, 0.25) is 10.0 Å². The average molecular weight is 322 g/mol. The van der Waals surface area contributed by atoms with Crippen molar-refractivity contribution in [3.8, 4) is 0 Å². The van der Waals surface area contributed by atoms with Crippen LogP contribution in [0.3, 0.4) is 0 Å². The summed E-state index contributed by atoms with van der Waals surface area (Å²) in [6, 6.07) is 0.356. The summed E-state index contributed by atoms with van der Waals surface area (Å²) < 4.78 is 60.4. The lowest BCUT2D eigenvalue weighted by Crippen LogP contribution is -2.29. The van der Waals surface area contributed by atoms with E-state index >= 15 is 0 Å². The first-order valence-corrected chi connectivity index (χ1v) is 8.67. The van der Waals surface area contributed by atoms with Crippen molar-refractivity contribution in [1.29, 1.82) is 0 Å². The van der Waals surface area contributed by atoms with Gasteiger partial charge in [0, 0.05) is 18.3 Å². The Labute approximate surface area is 117 Å². The number of unbranched alkanes of at least 4 members (excludes halogenated alkanes) is 1. The highest BCUT2D eigenvalue weighted by molar-refractivity contribution is 8.00. The van der Waals surface area contributed by atoms with Crippen LogP contribution in [-0.2, 0) is 10.0 Å². The molecular formula is C10H21F3N2O2S2. The molecule has 9 heteroatoms. The molecular weight excluding hydrogens is 301 g/mol. The number of halogens is 3. The van der Waals surface area contributed by atoms with Gasteiger partial charge < -0.3 is 5.32 Å². The lowest BCUT2D eigenvalue weighted by Gasteiger charge is -2.09. The maximum absolute atomic E-state index is 11.8. The van der Waals surface area contributed by atoms with E-state index in [9.17, 15) is 21.6 Å². The third-order valence-corrected chi connectivity index (χ3v) is 4.29. The topological polar surface area (TPSA) is 58.2 Å². The molecule has 0 aromatic carbocycles. The Hall–Kier alpha value is 0.01000. The third kappa shape index (κ3) is 14.2. The molecule has 0 unspecified atom stereocenters. The van der Waals surface area contributed by atoms with Crippen LogP contribution in [0.1, 0.15) is 26.7 Å². The summed E-state index contributed by atoms with van der Waals surface area (Å²) in [7, 11) is -3.46. The summed E-state index contributed by atoms with van der Waals surface area (Å²) in [5, 5.41) is 3.16. The van der Waals surface area contributed by atoms with E-state index in [0.717, 1.165) is 13.0 Å². The van der Waals surface area contributed by atoms with Gasteiger partial charge in [-0.1, -0.05) is 13.8 Å². The van der Waals surface area contributed by atoms with Gasteiger partial charge in [-0.15, -0.1) is 0 Å². The molecule has 0 bridgehead atoms. The van der Waals surface area contributed by atoms with Gasteiger partial charge in [-0.05, 0) is 31.1 Å². The number of nitrogens with one attached hydrogen (secondary N) is 2. The number of alkyl halides is 3. The lowest BCUT2D eigenvalue weighted by molar-refractivity contribution is -0.0327. The molecule has 2 N–H and O–H groups in total. The van der Waals surface area contributed by atoms with Crippen molar-refractivity contribution < 1.29 is 21.6 Å². The summed E-state index contributed by atoms with van der Waals surface area (Å²) in [6.07, 6.45) is 1.21. The fraction of sp³-hybridized carbons (Fsp3) is 1.00. The summed E-state index contributed by atoms with van der Waals surface area (Å²) in [4.78, 5) is 0. The van der Waals surface area contributed by atoms with Gasteiger partial charge in [0.25, 0.3) is 0 Å². The van der Waals surface area contributed by atoms with E-state index in [1.54, 1.807) is 0 Å². The molecule has 0 aromatic rings. The molecule has 0 saturated carbocycles. The fourth-order valence-electron chi connectivity index (χ4n) is 1.24. The molecule has 0 amide bonds. The van der Waals surface area contributed by atoms with Crippen LogP contribution in [0.2, 0.25) is 0 Å². The van der Waals surface area contributed by atoms with Gasteiger partial charge in [0.05, 0.1) is 5.75 Å². The van der Waals surface area contributed by atoms with Crippen molar-refractivity contribution in [3.63, 3.8) is 0 Å². The Morgan fingerprint density at radius 2 is 1.79 bits per heavy atom. The molecule has 0 heterocycles. The highest BCUT2D eigenvalue weighted by atomic mass is 32.2. The summed E-state index contributed by atoms with van der Waals surface area (Å²) in [5.41, 5.74) is -4.31. The van der Waals surface area contributed by atoms with Gasteiger partial charge in [-0.2, -0.15) is 13.2 Å². The zero-order chi connectivity index (χ0) is 14.9. The van der Waals surface area contributed by atoms with Gasteiger partial charge >= 0.3 is 5.51 Å². The Morgan fingerprint density at radius 3 is 2.32 bits per heavy atom. The Kier molecular flexibility index (Phi) is 9.04. The molecule has 0 aliphatic heterocycles. The summed E-state index contributed by atoms with van der Waals surface area (Å²) in [6.45, 7) is 4.53. The highest BCUT2D eigenvalue weighted by Gasteiger charge is 2.27. The average Bonchev–Trinajstić information content (AvgIpc) is 2.22. The van der Waals surface area contributed by atoms with Gasteiger partial charge in [-0.25, -0.2) is 13.1 Å². The van der Waals surface area contributed by atoms with Gasteiger partial charge in [-0.3, -0.25) is 0 Å². The zero-order valence-electron chi connectivity index (χ0n) is 11.1. The SMILES string of the molecule is CC(C)NCCCCS(=O)(=O)NCCSC(F)(F)F. The smallest absolute Gasteiger partial charge is 0.315 e. The molecule has 0 aliphatic carbocycles. The highest BCUT2D eigenvalue weighted by Crippen LogP contribution is 2.29. The minimum Gasteiger partial charge on any atom is -0.315 e. The maximum atomic E-state index is 11.8. The summed E-state index contributed by atoms with van der Waals surface area (Å²) in [5.74, 6) is -0.360. The van der Waals surface area contributed by atoms with Crippen molar-refractivity contribution in [2.24, 2.45) is 0 Å². The molecule has 0 atom stereocenters. The predicted octanol–water partition coefficient (Wildman–Crippen LogP) is 1.94. The van der Waals surface area contributed by atoms with E-state index < -0.39 is 15.5 Å². The van der Waals surface area contributed by atoms with Crippen molar-refractivity contribution in [2.45, 2.75) is 38.2 Å². The van der Waals surface area contributed by atoms with E-state index in [0.29, 0.717) is 12.5 Å². The molecule has 0 aliphatic rings. The number of sulfonamides is 1. The zero-order valence-corrected chi connectivity index (χ0v) is 12.7. The molecule has 0 saturated heterocycles. The van der Waals surface area contributed by atoms with Gasteiger partial charge in [0.1, 0.15) is 0 Å². The quantitative estimate of drug-likeness (QED) is 0.604. The molecule has 0 fully saturated rings. The number of hydrogen-bond acceptors (Lipinski definition) is 4. The van der Waals surface area contributed by atoms with E-state index in [-0.39, 0.29) is 29.8 Å².